The number of rotatable bonds is 4. The van der Waals surface area contributed by atoms with Gasteiger partial charge in [0.05, 0.1) is 22.9 Å². The Balaban J connectivity index is 1.50. The molecule has 1 aliphatic heterocycles. The number of nitrogens with one attached hydrogen (secondary N) is 2. The van der Waals surface area contributed by atoms with Gasteiger partial charge in [0, 0.05) is 29.7 Å². The van der Waals surface area contributed by atoms with Crippen molar-refractivity contribution in [1.29, 1.82) is 0 Å². The van der Waals surface area contributed by atoms with Gasteiger partial charge in [0.1, 0.15) is 0 Å². The van der Waals surface area contributed by atoms with Crippen molar-refractivity contribution in [3.63, 3.8) is 0 Å². The van der Waals surface area contributed by atoms with Crippen LogP contribution < -0.4 is 10.6 Å². The number of halogens is 2. The Labute approximate surface area is 183 Å². The summed E-state index contributed by atoms with van der Waals surface area (Å²) >= 11 is 8.29. The molecule has 1 saturated heterocycles. The van der Waals surface area contributed by atoms with Crippen LogP contribution >= 0.6 is 34.2 Å². The number of amides is 3. The first kappa shape index (κ1) is 20.9. The SMILES string of the molecule is O=C(CN1CCCN(C(=O)Nc2ccccc2I)CC1)Nc1ccccc1Cl. The summed E-state index contributed by atoms with van der Waals surface area (Å²) in [5.41, 5.74) is 1.43. The predicted molar refractivity (Wildman–Crippen MR) is 121 cm³/mol. The second-order valence-electron chi connectivity index (χ2n) is 6.55. The van der Waals surface area contributed by atoms with E-state index in [1.165, 1.54) is 0 Å². The number of hydrogen-bond acceptors (Lipinski definition) is 3. The van der Waals surface area contributed by atoms with Gasteiger partial charge in [-0.2, -0.15) is 0 Å². The zero-order chi connectivity index (χ0) is 19.9. The molecule has 2 aromatic carbocycles. The van der Waals surface area contributed by atoms with Gasteiger partial charge in [-0.1, -0.05) is 35.9 Å². The molecule has 1 aliphatic rings. The summed E-state index contributed by atoms with van der Waals surface area (Å²) in [7, 11) is 0. The molecule has 3 rings (SSSR count). The van der Waals surface area contributed by atoms with Crippen LogP contribution in [0.4, 0.5) is 16.2 Å². The zero-order valence-corrected chi connectivity index (χ0v) is 18.2. The molecular formula is C20H22ClIN4O2. The number of hydrogen-bond donors (Lipinski definition) is 2. The molecule has 2 N–H and O–H groups in total. The molecule has 0 saturated carbocycles. The maximum atomic E-state index is 12.6. The minimum atomic E-state index is -0.107. The van der Waals surface area contributed by atoms with Gasteiger partial charge in [0.2, 0.25) is 5.91 Å². The van der Waals surface area contributed by atoms with Crippen LogP contribution in [0.3, 0.4) is 0 Å². The average molecular weight is 513 g/mol. The molecule has 8 heteroatoms. The highest BCUT2D eigenvalue weighted by Crippen LogP contribution is 2.20. The molecule has 0 aliphatic carbocycles. The van der Waals surface area contributed by atoms with Gasteiger partial charge in [-0.05, 0) is 53.3 Å². The minimum absolute atomic E-state index is 0.105. The van der Waals surface area contributed by atoms with Gasteiger partial charge < -0.3 is 15.5 Å². The van der Waals surface area contributed by atoms with Crippen molar-refractivity contribution < 1.29 is 9.59 Å². The number of carbonyl (C=O) groups is 2. The van der Waals surface area contributed by atoms with Crippen LogP contribution in [-0.2, 0) is 4.79 Å². The van der Waals surface area contributed by atoms with Crippen molar-refractivity contribution in [3.8, 4) is 0 Å². The Bertz CT molecular complexity index is 848. The van der Waals surface area contributed by atoms with Gasteiger partial charge in [-0.25, -0.2) is 4.79 Å². The van der Waals surface area contributed by atoms with Gasteiger partial charge in [0.25, 0.3) is 0 Å². The molecular weight excluding hydrogens is 491 g/mol. The van der Waals surface area contributed by atoms with E-state index in [4.69, 9.17) is 11.6 Å². The van der Waals surface area contributed by atoms with E-state index < -0.39 is 0 Å². The summed E-state index contributed by atoms with van der Waals surface area (Å²) < 4.78 is 1.00. The highest BCUT2D eigenvalue weighted by atomic mass is 127. The lowest BCUT2D eigenvalue weighted by Gasteiger charge is -2.22. The Morgan fingerprint density at radius 3 is 2.39 bits per heavy atom. The van der Waals surface area contributed by atoms with Crippen LogP contribution in [0.2, 0.25) is 5.02 Å². The fraction of sp³-hybridized carbons (Fsp3) is 0.300. The van der Waals surface area contributed by atoms with Crippen LogP contribution in [0.25, 0.3) is 0 Å². The summed E-state index contributed by atoms with van der Waals surface area (Å²) in [6.45, 7) is 2.93. The summed E-state index contributed by atoms with van der Waals surface area (Å²) in [5.74, 6) is -0.107. The molecule has 28 heavy (non-hydrogen) atoms. The molecule has 0 aromatic heterocycles. The van der Waals surface area contributed by atoms with Crippen molar-refractivity contribution in [1.82, 2.24) is 9.80 Å². The highest BCUT2D eigenvalue weighted by Gasteiger charge is 2.21. The van der Waals surface area contributed by atoms with E-state index in [0.717, 1.165) is 22.2 Å². The highest BCUT2D eigenvalue weighted by molar-refractivity contribution is 14.1. The van der Waals surface area contributed by atoms with Gasteiger partial charge in [0.15, 0.2) is 0 Å². The molecule has 0 radical (unpaired) electrons. The van der Waals surface area contributed by atoms with E-state index in [1.807, 2.05) is 36.4 Å². The van der Waals surface area contributed by atoms with E-state index in [0.29, 0.717) is 30.3 Å². The Morgan fingerprint density at radius 2 is 1.64 bits per heavy atom. The monoisotopic (exact) mass is 512 g/mol. The second kappa shape index (κ2) is 10.1. The van der Waals surface area contributed by atoms with E-state index in [1.54, 1.807) is 17.0 Å². The molecule has 3 amide bonds. The fourth-order valence-corrected chi connectivity index (χ4v) is 3.75. The largest absolute Gasteiger partial charge is 0.324 e. The molecule has 0 unspecified atom stereocenters. The van der Waals surface area contributed by atoms with E-state index in [2.05, 4.69) is 38.1 Å². The number of carbonyl (C=O) groups excluding carboxylic acids is 2. The number of urea groups is 1. The third-order valence-electron chi connectivity index (χ3n) is 4.51. The van der Waals surface area contributed by atoms with Crippen molar-refractivity contribution in [2.45, 2.75) is 6.42 Å². The smallest absolute Gasteiger partial charge is 0.321 e. The Hall–Kier alpha value is -1.84. The molecule has 0 spiro atoms. The Kier molecular flexibility index (Phi) is 7.52. The maximum Gasteiger partial charge on any atom is 0.321 e. The second-order valence-corrected chi connectivity index (χ2v) is 8.12. The van der Waals surface area contributed by atoms with E-state index >= 15 is 0 Å². The lowest BCUT2D eigenvalue weighted by atomic mass is 10.3. The zero-order valence-electron chi connectivity index (χ0n) is 15.3. The van der Waals surface area contributed by atoms with Gasteiger partial charge >= 0.3 is 6.03 Å². The third-order valence-corrected chi connectivity index (χ3v) is 5.78. The van der Waals surface area contributed by atoms with Crippen LogP contribution in [-0.4, -0.2) is 54.5 Å². The van der Waals surface area contributed by atoms with Crippen LogP contribution in [0.1, 0.15) is 6.42 Å². The lowest BCUT2D eigenvalue weighted by molar-refractivity contribution is -0.117. The maximum absolute atomic E-state index is 12.6. The standard InChI is InChI=1S/C20H22ClIN4O2/c21-15-6-1-3-8-17(15)23-19(27)14-25-10-5-11-26(13-12-25)20(28)24-18-9-4-2-7-16(18)22/h1-4,6-9H,5,10-14H2,(H,23,27)(H,24,28). The van der Waals surface area contributed by atoms with Crippen molar-refractivity contribution in [2.75, 3.05) is 43.4 Å². The first-order valence-corrected chi connectivity index (χ1v) is 10.6. The van der Waals surface area contributed by atoms with Crippen LogP contribution in [0.5, 0.6) is 0 Å². The van der Waals surface area contributed by atoms with Gasteiger partial charge in [-0.15, -0.1) is 0 Å². The van der Waals surface area contributed by atoms with Crippen molar-refractivity contribution in [2.24, 2.45) is 0 Å². The average Bonchev–Trinajstić information content (AvgIpc) is 2.91. The number of anilines is 2. The third kappa shape index (κ3) is 5.83. The van der Waals surface area contributed by atoms with Crippen LogP contribution in [0.15, 0.2) is 48.5 Å². The molecule has 148 valence electrons. The molecule has 2 aromatic rings. The molecule has 0 bridgehead atoms. The lowest BCUT2D eigenvalue weighted by Crippen LogP contribution is -2.39. The van der Waals surface area contributed by atoms with Gasteiger partial charge in [-0.3, -0.25) is 9.69 Å². The first-order valence-electron chi connectivity index (χ1n) is 9.10. The van der Waals surface area contributed by atoms with Crippen molar-refractivity contribution in [3.05, 3.63) is 57.1 Å². The quantitative estimate of drug-likeness (QED) is 0.606. The van der Waals surface area contributed by atoms with E-state index in [9.17, 15) is 9.59 Å². The van der Waals surface area contributed by atoms with E-state index in [-0.39, 0.29) is 18.5 Å². The summed E-state index contributed by atoms with van der Waals surface area (Å²) in [4.78, 5) is 28.8. The first-order chi connectivity index (χ1) is 13.5. The summed E-state index contributed by atoms with van der Waals surface area (Å²) in [5, 5.41) is 6.33. The molecule has 1 fully saturated rings. The van der Waals surface area contributed by atoms with Crippen molar-refractivity contribution >= 4 is 57.5 Å². The topological polar surface area (TPSA) is 64.7 Å². The Morgan fingerprint density at radius 1 is 0.929 bits per heavy atom. The molecule has 6 nitrogen and oxygen atoms in total. The molecule has 0 atom stereocenters. The molecule has 1 heterocycles. The number of benzene rings is 2. The summed E-state index contributed by atoms with van der Waals surface area (Å²) in [6, 6.07) is 14.8. The summed E-state index contributed by atoms with van der Waals surface area (Å²) in [6.07, 6.45) is 0.818. The normalized spacial score (nSPS) is 15.0. The number of nitrogens with zero attached hydrogens (tertiary/aromatic N) is 2. The fourth-order valence-electron chi connectivity index (χ4n) is 3.04. The van der Waals surface area contributed by atoms with Crippen LogP contribution in [0, 0.1) is 3.57 Å². The predicted octanol–water partition coefficient (Wildman–Crippen LogP) is 4.12. The number of para-hydroxylation sites is 2. The minimum Gasteiger partial charge on any atom is -0.324 e.